The summed E-state index contributed by atoms with van der Waals surface area (Å²) >= 11 is 3.64. The first-order valence-electron chi connectivity index (χ1n) is 8.00. The van der Waals surface area contributed by atoms with Crippen molar-refractivity contribution in [2.45, 2.75) is 0 Å². The van der Waals surface area contributed by atoms with E-state index in [2.05, 4.69) is 118 Å². The van der Waals surface area contributed by atoms with Gasteiger partial charge in [-0.05, 0) is 0 Å². The summed E-state index contributed by atoms with van der Waals surface area (Å²) in [6, 6.07) is 32.3. The molecule has 3 aromatic carbocycles. The molecule has 0 unspecified atom stereocenters. The van der Waals surface area contributed by atoms with Crippen molar-refractivity contribution in [3.05, 3.63) is 114 Å². The molecule has 1 heterocycles. The van der Waals surface area contributed by atoms with Gasteiger partial charge in [0.15, 0.2) is 0 Å². The summed E-state index contributed by atoms with van der Waals surface area (Å²) in [4.78, 5) is 0. The quantitative estimate of drug-likeness (QED) is 0.408. The van der Waals surface area contributed by atoms with Crippen LogP contribution in [0.3, 0.4) is 0 Å². The van der Waals surface area contributed by atoms with Gasteiger partial charge in [-0.25, -0.2) is 0 Å². The molecule has 3 aromatic rings. The van der Waals surface area contributed by atoms with Gasteiger partial charge in [0.25, 0.3) is 0 Å². The molecule has 0 saturated carbocycles. The van der Waals surface area contributed by atoms with Crippen LogP contribution in [0.15, 0.2) is 103 Å². The molecule has 2 heteroatoms. The van der Waals surface area contributed by atoms with Crippen molar-refractivity contribution in [1.29, 1.82) is 0 Å². The summed E-state index contributed by atoms with van der Waals surface area (Å²) < 4.78 is 0. The predicted octanol–water partition coefficient (Wildman–Crippen LogP) is 5.51. The molecule has 0 atom stereocenters. The molecule has 0 fully saturated rings. The Kier molecular flexibility index (Phi) is 4.25. The standard InChI is InChI=1S/C22H17PSe/c24-23(20-14-8-3-9-15-20)21(18-10-4-1-5-11-18)16-17-22(23)19-12-6-2-7-13-19/h1-17H. The molecule has 116 valence electrons. The summed E-state index contributed by atoms with van der Waals surface area (Å²) in [5.41, 5.74) is 0.864. The Labute approximate surface area is 150 Å². The summed E-state index contributed by atoms with van der Waals surface area (Å²) in [5.74, 6) is 0. The van der Waals surface area contributed by atoms with E-state index in [1.54, 1.807) is 0 Å². The fourth-order valence-electron chi connectivity index (χ4n) is 3.19. The monoisotopic (exact) mass is 392 g/mol. The molecule has 0 saturated heterocycles. The molecule has 0 N–H and O–H groups in total. The third-order valence-corrected chi connectivity index (χ3v) is 11.3. The van der Waals surface area contributed by atoms with E-state index in [0.717, 1.165) is 0 Å². The van der Waals surface area contributed by atoms with Crippen molar-refractivity contribution in [1.82, 2.24) is 0 Å². The molecule has 24 heavy (non-hydrogen) atoms. The van der Waals surface area contributed by atoms with Crippen molar-refractivity contribution in [2.75, 3.05) is 0 Å². The van der Waals surface area contributed by atoms with Crippen LogP contribution in [0.1, 0.15) is 11.1 Å². The van der Waals surface area contributed by atoms with E-state index in [1.807, 2.05) is 0 Å². The molecule has 0 amide bonds. The van der Waals surface area contributed by atoms with Crippen molar-refractivity contribution >= 4 is 36.5 Å². The van der Waals surface area contributed by atoms with Gasteiger partial charge in [0.1, 0.15) is 0 Å². The zero-order valence-corrected chi connectivity index (χ0v) is 15.8. The zero-order valence-electron chi connectivity index (χ0n) is 13.2. The Balaban J connectivity index is 1.92. The molecule has 0 bridgehead atoms. The summed E-state index contributed by atoms with van der Waals surface area (Å²) in [5, 5.41) is 4.20. The fraction of sp³-hybridized carbons (Fsp3) is 0. The van der Waals surface area contributed by atoms with Gasteiger partial charge in [-0.2, -0.15) is 0 Å². The van der Waals surface area contributed by atoms with Gasteiger partial charge in [0.2, 0.25) is 0 Å². The van der Waals surface area contributed by atoms with Crippen molar-refractivity contribution in [3.8, 4) is 0 Å². The molecular formula is C22H17PSe. The van der Waals surface area contributed by atoms with Crippen molar-refractivity contribution in [3.63, 3.8) is 0 Å². The molecule has 0 nitrogen and oxygen atoms in total. The molecular weight excluding hydrogens is 374 g/mol. The molecule has 1 aliphatic rings. The van der Waals surface area contributed by atoms with Crippen LogP contribution in [-0.2, 0) is 0 Å². The van der Waals surface area contributed by atoms with Crippen LogP contribution in [-0.4, -0.2) is 15.1 Å². The molecule has 0 aliphatic carbocycles. The van der Waals surface area contributed by atoms with Crippen LogP contribution in [0.4, 0.5) is 0 Å². The molecule has 0 aromatic heterocycles. The summed E-state index contributed by atoms with van der Waals surface area (Å²) in [6.45, 7) is 0. The van der Waals surface area contributed by atoms with Crippen LogP contribution in [0.25, 0.3) is 10.6 Å². The minimum atomic E-state index is -1.74. The Hall–Kier alpha value is -1.91. The Morgan fingerprint density at radius 2 is 0.875 bits per heavy atom. The number of rotatable bonds is 3. The van der Waals surface area contributed by atoms with E-state index in [9.17, 15) is 0 Å². The predicted molar refractivity (Wildman–Crippen MR) is 108 cm³/mol. The number of benzene rings is 3. The van der Waals surface area contributed by atoms with E-state index >= 15 is 0 Å². The van der Waals surface area contributed by atoms with Gasteiger partial charge in [-0.3, -0.25) is 0 Å². The van der Waals surface area contributed by atoms with Gasteiger partial charge in [0, 0.05) is 0 Å². The molecule has 0 spiro atoms. The maximum absolute atomic E-state index is 3.64. The normalized spacial score (nSPS) is 15.7. The van der Waals surface area contributed by atoms with Crippen molar-refractivity contribution in [2.24, 2.45) is 0 Å². The van der Waals surface area contributed by atoms with Crippen molar-refractivity contribution < 1.29 is 0 Å². The second-order valence-electron chi connectivity index (χ2n) is 5.78. The van der Waals surface area contributed by atoms with E-state index < -0.39 is 5.51 Å². The molecule has 4 rings (SSSR count). The van der Waals surface area contributed by atoms with Crippen LogP contribution < -0.4 is 5.30 Å². The van der Waals surface area contributed by atoms with Gasteiger partial charge in [0.05, 0.1) is 0 Å². The average molecular weight is 391 g/mol. The van der Waals surface area contributed by atoms with Crippen LogP contribution in [0.2, 0.25) is 0 Å². The van der Waals surface area contributed by atoms with Crippen LogP contribution in [0.5, 0.6) is 0 Å². The Morgan fingerprint density at radius 3 is 1.29 bits per heavy atom. The fourth-order valence-corrected chi connectivity index (χ4v) is 9.05. The van der Waals surface area contributed by atoms with Gasteiger partial charge in [-0.15, -0.1) is 0 Å². The van der Waals surface area contributed by atoms with E-state index in [1.165, 1.54) is 27.1 Å². The number of hydrogen-bond donors (Lipinski definition) is 0. The number of allylic oxidation sites excluding steroid dienone is 2. The first-order valence-corrected chi connectivity index (χ1v) is 12.0. The van der Waals surface area contributed by atoms with Gasteiger partial charge < -0.3 is 0 Å². The second kappa shape index (κ2) is 6.53. The van der Waals surface area contributed by atoms with E-state index in [4.69, 9.17) is 0 Å². The zero-order chi connectivity index (χ0) is 16.4. The third kappa shape index (κ3) is 2.60. The van der Waals surface area contributed by atoms with E-state index in [-0.39, 0.29) is 0 Å². The summed E-state index contributed by atoms with van der Waals surface area (Å²) in [7, 11) is 0. The third-order valence-electron chi connectivity index (χ3n) is 4.34. The molecule has 1 aliphatic heterocycles. The topological polar surface area (TPSA) is 0 Å². The SMILES string of the molecule is [Se]=P1(c2ccccc2)C(c2ccccc2)=CC=C1c1ccccc1. The Bertz CT molecular complexity index is 895. The first-order chi connectivity index (χ1) is 11.8. The van der Waals surface area contributed by atoms with Gasteiger partial charge >= 0.3 is 151 Å². The van der Waals surface area contributed by atoms with Gasteiger partial charge in [-0.1, -0.05) is 0 Å². The minimum absolute atomic E-state index is 1.30. The maximum atomic E-state index is 3.64. The Morgan fingerprint density at radius 1 is 0.500 bits per heavy atom. The van der Waals surface area contributed by atoms with Crippen LogP contribution in [0, 0.1) is 0 Å². The number of hydrogen-bond acceptors (Lipinski definition) is 0. The average Bonchev–Trinajstić information content (AvgIpc) is 3.02. The van der Waals surface area contributed by atoms with E-state index in [0.29, 0.717) is 0 Å². The van der Waals surface area contributed by atoms with Crippen LogP contribution >= 0.6 is 5.51 Å². The molecule has 0 radical (unpaired) electrons. The first kappa shape index (κ1) is 15.6. The second-order valence-corrected chi connectivity index (χ2v) is 11.9. The summed E-state index contributed by atoms with van der Waals surface area (Å²) in [6.07, 6.45) is 4.60.